The second kappa shape index (κ2) is 9.07. The normalized spacial score (nSPS) is 27.1. The molecule has 31 heavy (non-hydrogen) atoms. The van der Waals surface area contributed by atoms with Gasteiger partial charge in [0.05, 0.1) is 6.61 Å². The van der Waals surface area contributed by atoms with Crippen molar-refractivity contribution in [3.05, 3.63) is 65.2 Å². The first-order valence-corrected chi connectivity index (χ1v) is 11.6. The third-order valence-corrected chi connectivity index (χ3v) is 7.26. The van der Waals surface area contributed by atoms with Crippen molar-refractivity contribution in [3.8, 4) is 17.6 Å². The first kappa shape index (κ1) is 21.9. The molecule has 3 unspecified atom stereocenters. The Morgan fingerprint density at radius 2 is 1.87 bits per heavy atom. The van der Waals surface area contributed by atoms with Crippen LogP contribution in [0.3, 0.4) is 0 Å². The van der Waals surface area contributed by atoms with Gasteiger partial charge in [0, 0.05) is 12.0 Å². The van der Waals surface area contributed by atoms with E-state index >= 15 is 0 Å². The molecule has 2 aromatic rings. The summed E-state index contributed by atoms with van der Waals surface area (Å²) in [6.45, 7) is 3.45. The molecular weight excluding hydrogens is 382 g/mol. The number of fused-ring (bicyclic) bond motifs is 3. The van der Waals surface area contributed by atoms with Gasteiger partial charge in [0.2, 0.25) is 0 Å². The molecule has 2 aliphatic carbocycles. The van der Waals surface area contributed by atoms with Gasteiger partial charge >= 0.3 is 0 Å². The summed E-state index contributed by atoms with van der Waals surface area (Å²) < 4.78 is 6.22. The summed E-state index contributed by atoms with van der Waals surface area (Å²) >= 11 is 0. The maximum Gasteiger partial charge on any atom is 0.125 e. The van der Waals surface area contributed by atoms with Gasteiger partial charge in [-0.25, -0.2) is 0 Å². The molecule has 2 aromatic carbocycles. The molecule has 0 spiro atoms. The molecular formula is C28H35NO2. The molecule has 3 atom stereocenters. The Morgan fingerprint density at radius 1 is 1.10 bits per heavy atom. The molecule has 0 saturated heterocycles. The lowest BCUT2D eigenvalue weighted by Gasteiger charge is -2.52. The van der Waals surface area contributed by atoms with Crippen molar-refractivity contribution in [2.45, 2.75) is 63.0 Å². The molecule has 0 bridgehead atoms. The Balaban J connectivity index is 1.51. The van der Waals surface area contributed by atoms with Crippen LogP contribution in [0, 0.1) is 17.8 Å². The maximum atomic E-state index is 11.1. The van der Waals surface area contributed by atoms with E-state index in [1.807, 2.05) is 6.92 Å². The molecule has 0 aromatic heterocycles. The average Bonchev–Trinajstić information content (AvgIpc) is 2.75. The van der Waals surface area contributed by atoms with Gasteiger partial charge in [0.15, 0.2) is 0 Å². The standard InChI is InChI=1S/C28H35NO2/c1-4-15-27(30)16-17-28(24(20-27)12-11-23-7-5-6-8-26(23)28)18-19-31-25-13-9-22(10-14-25)21-29(2)3/h5-10,13-14,24,30H,11-12,16-21H2,1-3H3. The Bertz CT molecular complexity index is 955. The molecule has 2 aliphatic rings. The summed E-state index contributed by atoms with van der Waals surface area (Å²) in [6.07, 6.45) is 5.64. The molecule has 4 rings (SSSR count). The van der Waals surface area contributed by atoms with Crippen molar-refractivity contribution < 1.29 is 9.84 Å². The van der Waals surface area contributed by atoms with Crippen LogP contribution >= 0.6 is 0 Å². The minimum absolute atomic E-state index is 0.0708. The Kier molecular flexibility index (Phi) is 6.42. The highest BCUT2D eigenvalue weighted by atomic mass is 16.5. The van der Waals surface area contributed by atoms with Crippen LogP contribution in [0.4, 0.5) is 0 Å². The predicted octanol–water partition coefficient (Wildman–Crippen LogP) is 4.96. The van der Waals surface area contributed by atoms with Crippen LogP contribution in [-0.2, 0) is 18.4 Å². The lowest BCUT2D eigenvalue weighted by molar-refractivity contribution is -0.0143. The van der Waals surface area contributed by atoms with Crippen LogP contribution in [0.25, 0.3) is 0 Å². The van der Waals surface area contributed by atoms with E-state index in [-0.39, 0.29) is 5.41 Å². The largest absolute Gasteiger partial charge is 0.494 e. The van der Waals surface area contributed by atoms with Crippen molar-refractivity contribution in [2.24, 2.45) is 5.92 Å². The lowest BCUT2D eigenvalue weighted by atomic mass is 9.53. The van der Waals surface area contributed by atoms with E-state index in [2.05, 4.69) is 79.4 Å². The van der Waals surface area contributed by atoms with E-state index in [0.29, 0.717) is 12.5 Å². The third-order valence-electron chi connectivity index (χ3n) is 7.26. The number of hydrogen-bond donors (Lipinski definition) is 1. The van der Waals surface area contributed by atoms with Crippen molar-refractivity contribution >= 4 is 0 Å². The lowest BCUT2D eigenvalue weighted by Crippen LogP contribution is -2.50. The first-order valence-electron chi connectivity index (χ1n) is 11.6. The topological polar surface area (TPSA) is 32.7 Å². The van der Waals surface area contributed by atoms with E-state index < -0.39 is 5.60 Å². The molecule has 3 nitrogen and oxygen atoms in total. The molecule has 0 aliphatic heterocycles. The van der Waals surface area contributed by atoms with Crippen molar-refractivity contribution in [1.29, 1.82) is 0 Å². The second-order valence-electron chi connectivity index (χ2n) is 9.64. The molecule has 164 valence electrons. The monoisotopic (exact) mass is 417 g/mol. The van der Waals surface area contributed by atoms with E-state index in [0.717, 1.165) is 50.8 Å². The number of rotatable bonds is 6. The minimum Gasteiger partial charge on any atom is -0.494 e. The van der Waals surface area contributed by atoms with Crippen LogP contribution in [0.5, 0.6) is 5.75 Å². The van der Waals surface area contributed by atoms with Crippen molar-refractivity contribution in [2.75, 3.05) is 20.7 Å². The van der Waals surface area contributed by atoms with Gasteiger partial charge in [0.1, 0.15) is 11.4 Å². The van der Waals surface area contributed by atoms with E-state index in [9.17, 15) is 5.11 Å². The van der Waals surface area contributed by atoms with Gasteiger partial charge in [-0.05, 0) is 94.3 Å². The molecule has 3 heteroatoms. The highest BCUT2D eigenvalue weighted by molar-refractivity contribution is 5.40. The second-order valence-corrected chi connectivity index (χ2v) is 9.64. The fourth-order valence-electron chi connectivity index (χ4n) is 5.84. The van der Waals surface area contributed by atoms with Crippen LogP contribution in [0.15, 0.2) is 48.5 Å². The zero-order valence-corrected chi connectivity index (χ0v) is 19.2. The molecule has 0 radical (unpaired) electrons. The molecule has 1 saturated carbocycles. The quantitative estimate of drug-likeness (QED) is 0.675. The number of nitrogens with zero attached hydrogens (tertiary/aromatic N) is 1. The number of aryl methyl sites for hydroxylation is 1. The van der Waals surface area contributed by atoms with Gasteiger partial charge in [-0.2, -0.15) is 0 Å². The van der Waals surface area contributed by atoms with E-state index in [4.69, 9.17) is 4.74 Å². The van der Waals surface area contributed by atoms with Crippen LogP contribution < -0.4 is 4.74 Å². The van der Waals surface area contributed by atoms with Crippen molar-refractivity contribution in [3.63, 3.8) is 0 Å². The molecule has 1 fully saturated rings. The van der Waals surface area contributed by atoms with Gasteiger partial charge < -0.3 is 14.7 Å². The Morgan fingerprint density at radius 3 is 2.61 bits per heavy atom. The van der Waals surface area contributed by atoms with Crippen LogP contribution in [0.2, 0.25) is 0 Å². The summed E-state index contributed by atoms with van der Waals surface area (Å²) in [7, 11) is 4.17. The number of hydrogen-bond acceptors (Lipinski definition) is 3. The average molecular weight is 418 g/mol. The third kappa shape index (κ3) is 4.66. The highest BCUT2D eigenvalue weighted by Crippen LogP contribution is 2.54. The number of ether oxygens (including phenoxy) is 1. The van der Waals surface area contributed by atoms with E-state index in [1.54, 1.807) is 0 Å². The Hall–Kier alpha value is -2.28. The smallest absolute Gasteiger partial charge is 0.125 e. The van der Waals surface area contributed by atoms with Gasteiger partial charge in [0.25, 0.3) is 0 Å². The van der Waals surface area contributed by atoms with Crippen LogP contribution in [0.1, 0.15) is 55.7 Å². The van der Waals surface area contributed by atoms with Gasteiger partial charge in [-0.1, -0.05) is 42.3 Å². The van der Waals surface area contributed by atoms with Gasteiger partial charge in [-0.15, -0.1) is 5.92 Å². The predicted molar refractivity (Wildman–Crippen MR) is 126 cm³/mol. The van der Waals surface area contributed by atoms with Gasteiger partial charge in [-0.3, -0.25) is 0 Å². The Labute approximate surface area is 187 Å². The first-order chi connectivity index (χ1) is 14.9. The zero-order valence-electron chi connectivity index (χ0n) is 19.2. The molecule has 1 N–H and O–H groups in total. The van der Waals surface area contributed by atoms with E-state index in [1.165, 1.54) is 16.7 Å². The number of aliphatic hydroxyl groups is 1. The summed E-state index contributed by atoms with van der Waals surface area (Å²) in [6, 6.07) is 17.4. The fraction of sp³-hybridized carbons (Fsp3) is 0.500. The SMILES string of the molecule is CC#CC1(O)CCC2(CCOc3ccc(CN(C)C)cc3)c3ccccc3CCC2C1. The van der Waals surface area contributed by atoms with Crippen LogP contribution in [-0.4, -0.2) is 36.3 Å². The summed E-state index contributed by atoms with van der Waals surface area (Å²) in [5, 5.41) is 11.1. The minimum atomic E-state index is -0.835. The summed E-state index contributed by atoms with van der Waals surface area (Å²) in [4.78, 5) is 2.17. The summed E-state index contributed by atoms with van der Waals surface area (Å²) in [5.74, 6) is 7.44. The molecule has 0 heterocycles. The van der Waals surface area contributed by atoms with Crippen molar-refractivity contribution in [1.82, 2.24) is 4.90 Å². The number of benzene rings is 2. The summed E-state index contributed by atoms with van der Waals surface area (Å²) in [5.41, 5.74) is 3.47. The fourth-order valence-corrected chi connectivity index (χ4v) is 5.84. The molecule has 0 amide bonds. The maximum absolute atomic E-state index is 11.1. The zero-order chi connectivity index (χ0) is 21.9. The highest BCUT2D eigenvalue weighted by Gasteiger charge is 2.50.